The van der Waals surface area contributed by atoms with E-state index < -0.39 is 0 Å². The average Bonchev–Trinajstić information content (AvgIpc) is 2.10. The van der Waals surface area contributed by atoms with Gasteiger partial charge in [0.05, 0.1) is 0 Å². The van der Waals surface area contributed by atoms with Crippen molar-refractivity contribution in [2.24, 2.45) is 5.10 Å². The number of hydrogen-bond acceptors (Lipinski definition) is 4. The third-order valence-electron chi connectivity index (χ3n) is 1.03. The lowest BCUT2D eigenvalue weighted by Gasteiger charge is -2.15. The van der Waals surface area contributed by atoms with Crippen LogP contribution in [0.3, 0.4) is 0 Å². The van der Waals surface area contributed by atoms with E-state index >= 15 is 0 Å². The maximum absolute atomic E-state index is 4.11. The highest BCUT2D eigenvalue weighted by Gasteiger charge is 2.20. The lowest BCUT2D eigenvalue weighted by molar-refractivity contribution is 0.314. The Morgan fingerprint density at radius 3 is 2.78 bits per heavy atom. The molecule has 1 rings (SSSR count). The van der Waals surface area contributed by atoms with E-state index in [9.17, 15) is 0 Å². The fourth-order valence-corrected chi connectivity index (χ4v) is 2.07. The van der Waals surface area contributed by atoms with E-state index in [4.69, 9.17) is 0 Å². The van der Waals surface area contributed by atoms with Crippen molar-refractivity contribution in [1.29, 1.82) is 0 Å². The highest BCUT2D eigenvalue weighted by atomic mass is 79.9. The number of halogens is 1. The molecule has 1 unspecified atom stereocenters. The van der Waals surface area contributed by atoms with Crippen molar-refractivity contribution in [3.05, 3.63) is 0 Å². The summed E-state index contributed by atoms with van der Waals surface area (Å²) in [5, 5.41) is 9.07. The molecule has 0 fully saturated rings. The number of nitrogens with one attached hydrogen (secondary N) is 1. The molecule has 0 aromatic heterocycles. The highest BCUT2D eigenvalue weighted by molar-refractivity contribution is 9.22. The van der Waals surface area contributed by atoms with Gasteiger partial charge in [0.15, 0.2) is 3.95 Å². The molecule has 0 saturated carbocycles. The summed E-state index contributed by atoms with van der Waals surface area (Å²) in [6.07, 6.45) is 0. The fourth-order valence-electron chi connectivity index (χ4n) is 0.614. The maximum atomic E-state index is 4.11. The average molecular weight is 210 g/mol. The predicted octanol–water partition coefficient (Wildman–Crippen LogP) is 0.834. The van der Waals surface area contributed by atoms with Crippen LogP contribution in [0.1, 0.15) is 0 Å². The smallest absolute Gasteiger partial charge is 0.162 e. The Balaban J connectivity index is 2.49. The molecule has 0 amide bonds. The van der Waals surface area contributed by atoms with E-state index in [-0.39, 0.29) is 0 Å². The maximum Gasteiger partial charge on any atom is 0.162 e. The summed E-state index contributed by atoms with van der Waals surface area (Å²) in [5.74, 6) is 0. The van der Waals surface area contributed by atoms with Gasteiger partial charge in [0.2, 0.25) is 0 Å². The summed E-state index contributed by atoms with van der Waals surface area (Å²) in [5.41, 5.74) is 0.291. The van der Waals surface area contributed by atoms with Crippen molar-refractivity contribution in [1.82, 2.24) is 10.3 Å². The summed E-state index contributed by atoms with van der Waals surface area (Å²) in [4.78, 5) is 0. The van der Waals surface area contributed by atoms with Crippen molar-refractivity contribution < 1.29 is 0 Å². The summed E-state index contributed by atoms with van der Waals surface area (Å²) in [7, 11) is 3.84. The molecule has 5 heteroatoms. The molecular formula is C4H8BrN3S. The standard InChI is InChI=1S/C4H8BrN3S/c1-6-4-8(2)7-3(5)9-4/h4,6H,1-2H3. The molecule has 1 aliphatic heterocycles. The van der Waals surface area contributed by atoms with Gasteiger partial charge in [0, 0.05) is 7.05 Å². The number of thioether (sulfide) groups is 1. The van der Waals surface area contributed by atoms with Crippen LogP contribution in [0.4, 0.5) is 0 Å². The van der Waals surface area contributed by atoms with Crippen molar-refractivity contribution in [2.75, 3.05) is 14.1 Å². The van der Waals surface area contributed by atoms with Gasteiger partial charge in [-0.2, -0.15) is 5.10 Å². The Morgan fingerprint density at radius 2 is 2.56 bits per heavy atom. The van der Waals surface area contributed by atoms with Gasteiger partial charge in [-0.3, -0.25) is 10.3 Å². The molecule has 0 saturated heterocycles. The Morgan fingerprint density at radius 1 is 1.89 bits per heavy atom. The van der Waals surface area contributed by atoms with Crippen LogP contribution in [0.5, 0.6) is 0 Å². The summed E-state index contributed by atoms with van der Waals surface area (Å²) in [6.45, 7) is 0. The third kappa shape index (κ3) is 1.59. The van der Waals surface area contributed by atoms with Gasteiger partial charge in [-0.25, -0.2) is 0 Å². The third-order valence-corrected chi connectivity index (χ3v) is 2.79. The van der Waals surface area contributed by atoms with Crippen LogP contribution in [-0.2, 0) is 0 Å². The van der Waals surface area contributed by atoms with E-state index in [1.165, 1.54) is 0 Å². The molecule has 0 spiro atoms. The summed E-state index contributed by atoms with van der Waals surface area (Å²) >= 11 is 4.95. The van der Waals surface area contributed by atoms with Gasteiger partial charge in [0.25, 0.3) is 0 Å². The molecule has 1 heterocycles. The van der Waals surface area contributed by atoms with E-state index in [1.807, 2.05) is 19.1 Å². The van der Waals surface area contributed by atoms with Gasteiger partial charge >= 0.3 is 0 Å². The van der Waals surface area contributed by atoms with Crippen LogP contribution >= 0.6 is 27.7 Å². The molecule has 0 radical (unpaired) electrons. The normalized spacial score (nSPS) is 26.8. The number of rotatable bonds is 1. The molecule has 3 nitrogen and oxygen atoms in total. The monoisotopic (exact) mass is 209 g/mol. The molecule has 0 aromatic carbocycles. The van der Waals surface area contributed by atoms with Crippen molar-refractivity contribution in [3.63, 3.8) is 0 Å². The first-order valence-corrected chi connectivity index (χ1v) is 4.22. The largest absolute Gasteiger partial charge is 0.290 e. The van der Waals surface area contributed by atoms with Crippen molar-refractivity contribution in [2.45, 2.75) is 5.50 Å². The second-order valence-corrected chi connectivity index (χ2v) is 4.03. The zero-order valence-electron chi connectivity index (χ0n) is 5.26. The van der Waals surface area contributed by atoms with Gasteiger partial charge in [-0.1, -0.05) is 11.8 Å². The Hall–Kier alpha value is 0.260. The second kappa shape index (κ2) is 2.90. The van der Waals surface area contributed by atoms with Crippen molar-refractivity contribution >= 4 is 31.6 Å². The molecule has 1 atom stereocenters. The predicted molar refractivity (Wildman–Crippen MR) is 44.6 cm³/mol. The molecular weight excluding hydrogens is 202 g/mol. The molecule has 0 bridgehead atoms. The molecule has 0 aliphatic carbocycles. The minimum absolute atomic E-state index is 0.291. The second-order valence-electron chi connectivity index (χ2n) is 1.69. The minimum atomic E-state index is 0.291. The molecule has 9 heavy (non-hydrogen) atoms. The van der Waals surface area contributed by atoms with E-state index in [1.54, 1.807) is 11.8 Å². The van der Waals surface area contributed by atoms with Gasteiger partial charge in [0.1, 0.15) is 5.50 Å². The first-order valence-electron chi connectivity index (χ1n) is 2.55. The first-order chi connectivity index (χ1) is 4.24. The highest BCUT2D eigenvalue weighted by Crippen LogP contribution is 2.24. The van der Waals surface area contributed by atoms with Gasteiger partial charge in [-0.15, -0.1) is 0 Å². The molecule has 1 N–H and O–H groups in total. The Kier molecular flexibility index (Phi) is 2.37. The molecule has 1 aliphatic rings. The van der Waals surface area contributed by atoms with Crippen LogP contribution in [0.15, 0.2) is 5.10 Å². The van der Waals surface area contributed by atoms with Gasteiger partial charge in [-0.05, 0) is 23.0 Å². The number of nitrogens with zero attached hydrogens (tertiary/aromatic N) is 2. The first kappa shape index (κ1) is 7.37. The van der Waals surface area contributed by atoms with Crippen LogP contribution in [-0.4, -0.2) is 28.6 Å². The minimum Gasteiger partial charge on any atom is -0.290 e. The quantitative estimate of drug-likeness (QED) is 0.694. The SMILES string of the molecule is CNC1SC(Br)=NN1C. The molecule has 52 valence electrons. The zero-order chi connectivity index (χ0) is 6.85. The lowest BCUT2D eigenvalue weighted by Crippen LogP contribution is -2.32. The van der Waals surface area contributed by atoms with Gasteiger partial charge < -0.3 is 0 Å². The van der Waals surface area contributed by atoms with E-state index in [0.29, 0.717) is 5.50 Å². The Bertz CT molecular complexity index is 138. The zero-order valence-corrected chi connectivity index (χ0v) is 7.66. The summed E-state index contributed by atoms with van der Waals surface area (Å²) in [6, 6.07) is 0. The summed E-state index contributed by atoms with van der Waals surface area (Å²) < 4.78 is 0.935. The Labute approximate surface area is 67.0 Å². The van der Waals surface area contributed by atoms with Crippen LogP contribution in [0.2, 0.25) is 0 Å². The van der Waals surface area contributed by atoms with E-state index in [0.717, 1.165) is 3.95 Å². The number of hydrogen-bond donors (Lipinski definition) is 1. The number of hydrazone groups is 1. The van der Waals surface area contributed by atoms with E-state index in [2.05, 4.69) is 26.3 Å². The lowest BCUT2D eigenvalue weighted by atomic mass is 10.9. The van der Waals surface area contributed by atoms with Crippen molar-refractivity contribution in [3.8, 4) is 0 Å². The van der Waals surface area contributed by atoms with Crippen LogP contribution in [0.25, 0.3) is 0 Å². The van der Waals surface area contributed by atoms with Crippen LogP contribution in [0, 0.1) is 0 Å². The topological polar surface area (TPSA) is 27.6 Å². The molecule has 0 aromatic rings. The fraction of sp³-hybridized carbons (Fsp3) is 0.750. The van der Waals surface area contributed by atoms with Crippen LogP contribution < -0.4 is 5.32 Å².